The van der Waals surface area contributed by atoms with Crippen LogP contribution >= 0.6 is 11.8 Å². The Balaban J connectivity index is 2.15. The molecule has 2 amide bonds. The van der Waals surface area contributed by atoms with Gasteiger partial charge in [0, 0.05) is 17.0 Å². The van der Waals surface area contributed by atoms with E-state index in [1.54, 1.807) is 0 Å². The highest BCUT2D eigenvalue weighted by Crippen LogP contribution is 2.52. The molecule has 0 aromatic heterocycles. The lowest BCUT2D eigenvalue weighted by Gasteiger charge is -2.37. The van der Waals surface area contributed by atoms with Crippen LogP contribution in [0.1, 0.15) is 24.8 Å². The van der Waals surface area contributed by atoms with Crippen molar-refractivity contribution in [2.75, 3.05) is 11.5 Å². The molecule has 9 heteroatoms. The molecule has 2 atom stereocenters. The van der Waals surface area contributed by atoms with Crippen molar-refractivity contribution in [1.29, 1.82) is 0 Å². The van der Waals surface area contributed by atoms with Gasteiger partial charge < -0.3 is 15.9 Å². The van der Waals surface area contributed by atoms with Gasteiger partial charge in [-0.15, -0.1) is 0 Å². The van der Waals surface area contributed by atoms with Gasteiger partial charge in [0.15, 0.2) is 5.17 Å². The maximum atomic E-state index is 14.5. The van der Waals surface area contributed by atoms with Crippen LogP contribution in [0.5, 0.6) is 0 Å². The summed E-state index contributed by atoms with van der Waals surface area (Å²) in [4.78, 5) is 27.1. The van der Waals surface area contributed by atoms with Crippen molar-refractivity contribution in [2.24, 2.45) is 10.9 Å². The molecule has 0 bridgehead atoms. The zero-order valence-electron chi connectivity index (χ0n) is 12.6. The first-order valence-corrected chi connectivity index (χ1v) is 8.38. The molecule has 4 N–H and O–H groups in total. The summed E-state index contributed by atoms with van der Waals surface area (Å²) in [5.41, 5.74) is 5.50. The summed E-state index contributed by atoms with van der Waals surface area (Å²) in [6.07, 6.45) is -1.12. The number of anilines is 1. The average Bonchev–Trinajstić information content (AvgIpc) is 2.93. The van der Waals surface area contributed by atoms with Crippen LogP contribution in [0.3, 0.4) is 0 Å². The van der Waals surface area contributed by atoms with Gasteiger partial charge in [0.25, 0.3) is 0 Å². The highest BCUT2D eigenvalue weighted by molar-refractivity contribution is 8.13. The second-order valence-electron chi connectivity index (χ2n) is 5.86. The Morgan fingerprint density at radius 2 is 2.08 bits per heavy atom. The number of nitrogens with zero attached hydrogens (tertiary/aromatic N) is 2. The first kappa shape index (κ1) is 16.6. The summed E-state index contributed by atoms with van der Waals surface area (Å²) in [6.45, 7) is 0. The van der Waals surface area contributed by atoms with E-state index in [0.717, 1.165) is 24.6 Å². The van der Waals surface area contributed by atoms with Crippen molar-refractivity contribution >= 4 is 34.8 Å². The summed E-state index contributed by atoms with van der Waals surface area (Å²) in [7, 11) is 0. The molecule has 24 heavy (non-hydrogen) atoms. The minimum absolute atomic E-state index is 0.00647. The molecular weight excluding hydrogens is 337 g/mol. The number of carboxylic acid groups (broad SMARTS) is 2. The number of aliphatic imine (C=N–C) groups is 1. The van der Waals surface area contributed by atoms with Crippen LogP contribution in [0.4, 0.5) is 19.7 Å². The fraction of sp³-hybridized carbons (Fsp3) is 0.400. The number of halogens is 1. The van der Waals surface area contributed by atoms with Gasteiger partial charge in [0.05, 0.1) is 5.54 Å². The van der Waals surface area contributed by atoms with Crippen LogP contribution < -0.4 is 5.73 Å². The van der Waals surface area contributed by atoms with Crippen LogP contribution in [0, 0.1) is 11.7 Å². The summed E-state index contributed by atoms with van der Waals surface area (Å²) < 4.78 is 14.5. The van der Waals surface area contributed by atoms with Crippen molar-refractivity contribution in [1.82, 2.24) is 4.90 Å². The molecule has 1 aliphatic heterocycles. The predicted molar refractivity (Wildman–Crippen MR) is 87.6 cm³/mol. The fourth-order valence-electron chi connectivity index (χ4n) is 3.46. The molecule has 0 saturated heterocycles. The van der Waals surface area contributed by atoms with E-state index in [9.17, 15) is 14.0 Å². The standard InChI is InChI=1S/C15H16FN3O4S/c16-11-4-3-9(17)6-10(11)15-5-1-2-8(15)7-24-12(18-15)19(13(20)21)14(22)23/h3-4,6,8H,1-2,5,7,17H2,(H,20,21)(H,22,23). The maximum absolute atomic E-state index is 14.5. The summed E-state index contributed by atoms with van der Waals surface area (Å²) in [5, 5.41) is 18.1. The highest BCUT2D eigenvalue weighted by Gasteiger charge is 2.49. The van der Waals surface area contributed by atoms with E-state index in [1.165, 1.54) is 18.2 Å². The van der Waals surface area contributed by atoms with E-state index in [0.29, 0.717) is 23.4 Å². The predicted octanol–water partition coefficient (Wildman–Crippen LogP) is 3.16. The van der Waals surface area contributed by atoms with Crippen LogP contribution in [0.25, 0.3) is 0 Å². The highest BCUT2D eigenvalue weighted by atomic mass is 32.2. The van der Waals surface area contributed by atoms with Gasteiger partial charge >= 0.3 is 12.2 Å². The third-order valence-corrected chi connectivity index (χ3v) is 5.63. The summed E-state index contributed by atoms with van der Waals surface area (Å²) >= 11 is 1.07. The zero-order chi connectivity index (χ0) is 17.5. The monoisotopic (exact) mass is 353 g/mol. The summed E-state index contributed by atoms with van der Waals surface area (Å²) in [6, 6.07) is 4.22. The first-order chi connectivity index (χ1) is 11.3. The molecule has 2 aliphatic rings. The van der Waals surface area contributed by atoms with E-state index in [-0.39, 0.29) is 16.0 Å². The van der Waals surface area contributed by atoms with Crippen molar-refractivity contribution in [3.8, 4) is 0 Å². The van der Waals surface area contributed by atoms with Gasteiger partial charge in [0.1, 0.15) is 5.82 Å². The molecule has 3 rings (SSSR count). The van der Waals surface area contributed by atoms with Crippen LogP contribution in [-0.4, -0.2) is 38.2 Å². The number of rotatable bonds is 1. The Hall–Kier alpha value is -2.29. The van der Waals surface area contributed by atoms with Gasteiger partial charge in [-0.25, -0.2) is 19.0 Å². The van der Waals surface area contributed by atoms with Gasteiger partial charge in [-0.3, -0.25) is 0 Å². The number of fused-ring (bicyclic) bond motifs is 1. The SMILES string of the molecule is Nc1ccc(F)c(C23CCCC2CSC(N(C(=O)O)C(=O)O)=N3)c1. The average molecular weight is 353 g/mol. The topological polar surface area (TPSA) is 116 Å². The van der Waals surface area contributed by atoms with Crippen molar-refractivity contribution < 1.29 is 24.2 Å². The second kappa shape index (κ2) is 5.97. The fourth-order valence-corrected chi connectivity index (χ4v) is 4.76. The lowest BCUT2D eigenvalue weighted by Crippen LogP contribution is -2.44. The molecular formula is C15H16FN3O4S. The summed E-state index contributed by atoms with van der Waals surface area (Å²) in [5.74, 6) is 0.0136. The molecule has 128 valence electrons. The van der Waals surface area contributed by atoms with E-state index in [2.05, 4.69) is 4.99 Å². The van der Waals surface area contributed by atoms with Crippen LogP contribution in [-0.2, 0) is 5.54 Å². The number of thioether (sulfide) groups is 1. The zero-order valence-corrected chi connectivity index (χ0v) is 13.4. The Morgan fingerprint density at radius 3 is 2.75 bits per heavy atom. The second-order valence-corrected chi connectivity index (χ2v) is 6.85. The molecule has 1 aliphatic carbocycles. The van der Waals surface area contributed by atoms with Gasteiger partial charge in [-0.1, -0.05) is 18.2 Å². The quantitative estimate of drug-likeness (QED) is 0.668. The lowest BCUT2D eigenvalue weighted by molar-refractivity contribution is 0.145. The van der Waals surface area contributed by atoms with Gasteiger partial charge in [0.2, 0.25) is 0 Å². The number of amides is 2. The minimum Gasteiger partial charge on any atom is -0.464 e. The van der Waals surface area contributed by atoms with Crippen molar-refractivity contribution in [2.45, 2.75) is 24.8 Å². The Labute approximate surface area is 141 Å². The molecule has 0 spiro atoms. The number of nitrogens with two attached hydrogens (primary N) is 1. The first-order valence-electron chi connectivity index (χ1n) is 7.39. The third kappa shape index (κ3) is 2.58. The molecule has 1 aromatic carbocycles. The molecule has 1 heterocycles. The van der Waals surface area contributed by atoms with Crippen LogP contribution in [0.2, 0.25) is 0 Å². The minimum atomic E-state index is -1.63. The number of benzene rings is 1. The number of hydrogen-bond acceptors (Lipinski definition) is 5. The number of amidine groups is 1. The number of carbonyl (C=O) groups is 2. The number of nitrogen functional groups attached to an aromatic ring is 1. The number of imide groups is 1. The Kier molecular flexibility index (Phi) is 4.12. The Bertz CT molecular complexity index is 727. The Morgan fingerprint density at radius 1 is 1.38 bits per heavy atom. The molecule has 7 nitrogen and oxygen atoms in total. The largest absolute Gasteiger partial charge is 0.464 e. The number of hydrogen-bond donors (Lipinski definition) is 3. The van der Waals surface area contributed by atoms with Crippen molar-refractivity contribution in [3.05, 3.63) is 29.6 Å². The molecule has 1 aromatic rings. The molecule has 1 saturated carbocycles. The normalized spacial score (nSPS) is 25.7. The van der Waals surface area contributed by atoms with Gasteiger partial charge in [-0.05, 0) is 37.0 Å². The maximum Gasteiger partial charge on any atom is 0.423 e. The molecule has 0 radical (unpaired) electrons. The third-order valence-electron chi connectivity index (χ3n) is 4.53. The molecule has 2 unspecified atom stereocenters. The van der Waals surface area contributed by atoms with E-state index in [1.807, 2.05) is 0 Å². The lowest BCUT2D eigenvalue weighted by atomic mass is 9.81. The smallest absolute Gasteiger partial charge is 0.423 e. The van der Waals surface area contributed by atoms with Gasteiger partial charge in [-0.2, -0.15) is 4.90 Å². The van der Waals surface area contributed by atoms with Crippen molar-refractivity contribution in [3.63, 3.8) is 0 Å². The van der Waals surface area contributed by atoms with E-state index < -0.39 is 23.5 Å². The van der Waals surface area contributed by atoms with Crippen LogP contribution in [0.15, 0.2) is 23.2 Å². The molecule has 1 fully saturated rings. The van der Waals surface area contributed by atoms with E-state index in [4.69, 9.17) is 15.9 Å². The van der Waals surface area contributed by atoms with E-state index >= 15 is 0 Å².